The molecule has 1 heterocycles. The molecule has 4 aromatic rings. The van der Waals surface area contributed by atoms with Crippen LogP contribution < -0.4 is 0 Å². The Hall–Kier alpha value is -2.80. The third-order valence-corrected chi connectivity index (χ3v) is 4.82. The highest BCUT2D eigenvalue weighted by Crippen LogP contribution is 2.33. The minimum Gasteiger partial charge on any atom is -0.309 e. The van der Waals surface area contributed by atoms with Crippen LogP contribution in [0.2, 0.25) is 0 Å². The topological polar surface area (TPSA) is 4.93 Å². The molecule has 0 aliphatic heterocycles. The van der Waals surface area contributed by atoms with Gasteiger partial charge in [0.15, 0.2) is 0 Å². The summed E-state index contributed by atoms with van der Waals surface area (Å²) >= 11 is 0. The normalized spacial score (nSPS) is 12.2. The van der Waals surface area contributed by atoms with E-state index >= 15 is 0 Å². The number of hydrogen-bond acceptors (Lipinski definition) is 0. The summed E-state index contributed by atoms with van der Waals surface area (Å²) in [6, 6.07) is 24.2. The second kappa shape index (κ2) is 5.68. The summed E-state index contributed by atoms with van der Waals surface area (Å²) in [7, 11) is 0. The molecule has 0 aliphatic rings. The lowest BCUT2D eigenvalue weighted by atomic mass is 10.0. The van der Waals surface area contributed by atoms with Crippen LogP contribution in [0.25, 0.3) is 33.1 Å². The molecule has 0 N–H and O–H groups in total. The number of aromatic nitrogens is 1. The van der Waals surface area contributed by atoms with Gasteiger partial charge >= 0.3 is 0 Å². The van der Waals surface area contributed by atoms with Gasteiger partial charge in [-0.3, -0.25) is 0 Å². The van der Waals surface area contributed by atoms with Gasteiger partial charge in [0.25, 0.3) is 0 Å². The summed E-state index contributed by atoms with van der Waals surface area (Å²) in [4.78, 5) is 0. The van der Waals surface area contributed by atoms with Crippen molar-refractivity contribution in [2.45, 2.75) is 20.8 Å². The van der Waals surface area contributed by atoms with Crippen LogP contribution in [-0.4, -0.2) is 4.57 Å². The Bertz CT molecular complexity index is 1080. The highest BCUT2D eigenvalue weighted by molar-refractivity contribution is 6.10. The summed E-state index contributed by atoms with van der Waals surface area (Å²) in [5.74, 6) is 0. The van der Waals surface area contributed by atoms with Gasteiger partial charge in [-0.1, -0.05) is 42.5 Å². The Morgan fingerprint density at radius 1 is 0.833 bits per heavy atom. The molecule has 0 atom stereocenters. The number of rotatable bonds is 2. The van der Waals surface area contributed by atoms with Crippen LogP contribution >= 0.6 is 0 Å². The molecule has 0 saturated carbocycles. The second-order valence-corrected chi connectivity index (χ2v) is 6.40. The average molecular weight is 311 g/mol. The van der Waals surface area contributed by atoms with Crippen molar-refractivity contribution in [2.75, 3.05) is 0 Å². The third-order valence-electron chi connectivity index (χ3n) is 4.82. The van der Waals surface area contributed by atoms with E-state index in [1.54, 1.807) is 0 Å². The van der Waals surface area contributed by atoms with Crippen LogP contribution in [-0.2, 0) is 0 Å². The SMILES string of the molecule is C/C=C(\C)c1ccc2c(c1)c1ccccc1n2-c1cccc(C)c1. The molecular formula is C23H21N. The van der Waals surface area contributed by atoms with Crippen molar-refractivity contribution < 1.29 is 0 Å². The molecule has 0 bridgehead atoms. The number of allylic oxidation sites excluding steroid dienone is 2. The minimum atomic E-state index is 1.22. The molecule has 3 aromatic carbocycles. The first-order valence-electron chi connectivity index (χ1n) is 8.42. The van der Waals surface area contributed by atoms with E-state index in [4.69, 9.17) is 0 Å². The number of nitrogens with zero attached hydrogens (tertiary/aromatic N) is 1. The second-order valence-electron chi connectivity index (χ2n) is 6.40. The smallest absolute Gasteiger partial charge is 0.0541 e. The fourth-order valence-electron chi connectivity index (χ4n) is 3.43. The number of aryl methyl sites for hydroxylation is 1. The van der Waals surface area contributed by atoms with Crippen molar-refractivity contribution in [2.24, 2.45) is 0 Å². The van der Waals surface area contributed by atoms with Gasteiger partial charge in [-0.15, -0.1) is 0 Å². The van der Waals surface area contributed by atoms with Gasteiger partial charge in [-0.2, -0.15) is 0 Å². The quantitative estimate of drug-likeness (QED) is 0.397. The number of para-hydroxylation sites is 1. The van der Waals surface area contributed by atoms with Crippen molar-refractivity contribution in [3.05, 3.63) is 83.9 Å². The largest absolute Gasteiger partial charge is 0.309 e. The Morgan fingerprint density at radius 3 is 2.42 bits per heavy atom. The van der Waals surface area contributed by atoms with Gasteiger partial charge in [0, 0.05) is 16.5 Å². The van der Waals surface area contributed by atoms with Gasteiger partial charge in [-0.05, 0) is 67.8 Å². The van der Waals surface area contributed by atoms with E-state index in [2.05, 4.69) is 98.1 Å². The maximum Gasteiger partial charge on any atom is 0.0541 e. The average Bonchev–Trinajstić information content (AvgIpc) is 2.94. The molecule has 0 saturated heterocycles. The molecule has 1 aromatic heterocycles. The van der Waals surface area contributed by atoms with E-state index < -0.39 is 0 Å². The van der Waals surface area contributed by atoms with Crippen molar-refractivity contribution in [3.63, 3.8) is 0 Å². The summed E-state index contributed by atoms with van der Waals surface area (Å²) in [6.07, 6.45) is 2.17. The number of hydrogen-bond donors (Lipinski definition) is 0. The fraction of sp³-hybridized carbons (Fsp3) is 0.130. The number of benzene rings is 3. The predicted molar refractivity (Wildman–Crippen MR) is 105 cm³/mol. The van der Waals surface area contributed by atoms with E-state index in [9.17, 15) is 0 Å². The van der Waals surface area contributed by atoms with E-state index in [1.165, 1.54) is 44.2 Å². The first kappa shape index (κ1) is 14.8. The van der Waals surface area contributed by atoms with Crippen molar-refractivity contribution in [1.82, 2.24) is 4.57 Å². The lowest BCUT2D eigenvalue weighted by molar-refractivity contribution is 1.17. The zero-order valence-corrected chi connectivity index (χ0v) is 14.4. The maximum absolute atomic E-state index is 2.37. The maximum atomic E-state index is 2.37. The van der Waals surface area contributed by atoms with Crippen LogP contribution in [0, 0.1) is 6.92 Å². The highest BCUT2D eigenvalue weighted by Gasteiger charge is 2.12. The molecule has 0 spiro atoms. The van der Waals surface area contributed by atoms with Gasteiger partial charge in [-0.25, -0.2) is 0 Å². The summed E-state index contributed by atoms with van der Waals surface area (Å²) in [5.41, 5.74) is 7.61. The van der Waals surface area contributed by atoms with Crippen LogP contribution in [0.5, 0.6) is 0 Å². The van der Waals surface area contributed by atoms with E-state index in [0.29, 0.717) is 0 Å². The van der Waals surface area contributed by atoms with Crippen LogP contribution in [0.4, 0.5) is 0 Å². The van der Waals surface area contributed by atoms with E-state index in [-0.39, 0.29) is 0 Å². The predicted octanol–water partition coefficient (Wildman–Crippen LogP) is 6.52. The standard InChI is InChI=1S/C23H21N/c1-4-17(3)18-12-13-23-21(15-18)20-10-5-6-11-22(20)24(23)19-9-7-8-16(2)14-19/h4-15H,1-3H3/b17-4+. The van der Waals surface area contributed by atoms with Gasteiger partial charge < -0.3 is 4.57 Å². The highest BCUT2D eigenvalue weighted by atomic mass is 15.0. The zero-order valence-electron chi connectivity index (χ0n) is 14.4. The zero-order chi connectivity index (χ0) is 16.7. The third kappa shape index (κ3) is 2.25. The molecule has 4 rings (SSSR count). The molecule has 1 nitrogen and oxygen atoms in total. The molecule has 0 unspecified atom stereocenters. The van der Waals surface area contributed by atoms with Crippen LogP contribution in [0.3, 0.4) is 0 Å². The molecule has 0 radical (unpaired) electrons. The first-order chi connectivity index (χ1) is 11.7. The molecule has 0 fully saturated rings. The van der Waals surface area contributed by atoms with Crippen molar-refractivity contribution in [1.29, 1.82) is 0 Å². The molecule has 0 amide bonds. The van der Waals surface area contributed by atoms with Gasteiger partial charge in [0.05, 0.1) is 11.0 Å². The van der Waals surface area contributed by atoms with Crippen molar-refractivity contribution >= 4 is 27.4 Å². The monoisotopic (exact) mass is 311 g/mol. The molecule has 1 heteroatoms. The minimum absolute atomic E-state index is 1.22. The Kier molecular flexibility index (Phi) is 3.50. The molecule has 118 valence electrons. The molecular weight excluding hydrogens is 290 g/mol. The Balaban J connectivity index is 2.12. The van der Waals surface area contributed by atoms with Crippen LogP contribution in [0.1, 0.15) is 25.0 Å². The summed E-state index contributed by atoms with van der Waals surface area (Å²) < 4.78 is 2.37. The lowest BCUT2D eigenvalue weighted by Gasteiger charge is -2.09. The van der Waals surface area contributed by atoms with E-state index in [1.807, 2.05) is 0 Å². The van der Waals surface area contributed by atoms with E-state index in [0.717, 1.165) is 0 Å². The fourth-order valence-corrected chi connectivity index (χ4v) is 3.43. The van der Waals surface area contributed by atoms with Crippen molar-refractivity contribution in [3.8, 4) is 5.69 Å². The number of fused-ring (bicyclic) bond motifs is 3. The first-order valence-corrected chi connectivity index (χ1v) is 8.42. The summed E-state index contributed by atoms with van der Waals surface area (Å²) in [6.45, 7) is 6.40. The molecule has 0 aliphatic carbocycles. The van der Waals surface area contributed by atoms with Gasteiger partial charge in [0.2, 0.25) is 0 Å². The lowest BCUT2D eigenvalue weighted by Crippen LogP contribution is -1.94. The molecule has 24 heavy (non-hydrogen) atoms. The Labute approximate surface area is 142 Å². The van der Waals surface area contributed by atoms with Gasteiger partial charge in [0.1, 0.15) is 0 Å². The van der Waals surface area contributed by atoms with Crippen LogP contribution in [0.15, 0.2) is 72.8 Å². The summed E-state index contributed by atoms with van der Waals surface area (Å²) in [5, 5.41) is 2.62. The Morgan fingerprint density at radius 2 is 1.62 bits per heavy atom.